The van der Waals surface area contributed by atoms with E-state index in [9.17, 15) is 9.59 Å². The van der Waals surface area contributed by atoms with Gasteiger partial charge in [0.25, 0.3) is 11.7 Å². The van der Waals surface area contributed by atoms with Gasteiger partial charge < -0.3 is 14.7 Å². The molecule has 1 aromatic rings. The number of nitrogens with one attached hydrogen (secondary N) is 1. The van der Waals surface area contributed by atoms with Crippen molar-refractivity contribution in [1.82, 2.24) is 30.2 Å². The molecule has 1 N–H and O–H groups in total. The average molecular weight is 364 g/mol. The van der Waals surface area contributed by atoms with Gasteiger partial charge in [0.15, 0.2) is 0 Å². The third-order valence-corrected chi connectivity index (χ3v) is 5.72. The lowest BCUT2D eigenvalue weighted by Gasteiger charge is -2.49. The predicted octanol–water partition coefficient (Wildman–Crippen LogP) is -0.0522. The van der Waals surface area contributed by atoms with Crippen LogP contribution in [-0.4, -0.2) is 89.0 Å². The van der Waals surface area contributed by atoms with E-state index < -0.39 is 0 Å². The fourth-order valence-electron chi connectivity index (χ4n) is 3.96. The number of aromatic nitrogens is 2. The van der Waals surface area contributed by atoms with Crippen molar-refractivity contribution in [2.45, 2.75) is 38.3 Å². The van der Waals surface area contributed by atoms with E-state index in [2.05, 4.69) is 32.3 Å². The van der Waals surface area contributed by atoms with Gasteiger partial charge in [-0.25, -0.2) is 0 Å². The maximum absolute atomic E-state index is 12.3. The number of piperazine rings is 1. The van der Waals surface area contributed by atoms with E-state index in [4.69, 9.17) is 4.52 Å². The van der Waals surface area contributed by atoms with E-state index in [0.717, 1.165) is 45.6 Å². The van der Waals surface area contributed by atoms with Crippen molar-refractivity contribution in [3.8, 4) is 0 Å². The van der Waals surface area contributed by atoms with Gasteiger partial charge in [0, 0.05) is 51.7 Å². The van der Waals surface area contributed by atoms with Gasteiger partial charge >= 0.3 is 0 Å². The molecule has 2 fully saturated rings. The zero-order valence-electron chi connectivity index (χ0n) is 15.8. The Bertz CT molecular complexity index is 663. The summed E-state index contributed by atoms with van der Waals surface area (Å²) in [6.07, 6.45) is 2.42. The van der Waals surface area contributed by atoms with Gasteiger partial charge in [0.1, 0.15) is 0 Å². The van der Waals surface area contributed by atoms with Crippen LogP contribution in [0.3, 0.4) is 0 Å². The van der Waals surface area contributed by atoms with E-state index in [1.807, 2.05) is 11.8 Å². The second-order valence-corrected chi connectivity index (χ2v) is 7.17. The summed E-state index contributed by atoms with van der Waals surface area (Å²) in [5, 5.41) is 6.22. The number of amides is 2. The molecule has 0 unspecified atom stereocenters. The Balaban J connectivity index is 1.69. The van der Waals surface area contributed by atoms with E-state index in [0.29, 0.717) is 18.9 Å². The molecule has 2 saturated heterocycles. The molecule has 9 nitrogen and oxygen atoms in total. The maximum atomic E-state index is 12.3. The van der Waals surface area contributed by atoms with E-state index in [-0.39, 0.29) is 23.2 Å². The first kappa shape index (κ1) is 18.8. The van der Waals surface area contributed by atoms with Crippen molar-refractivity contribution in [3.63, 3.8) is 0 Å². The van der Waals surface area contributed by atoms with Gasteiger partial charge in [-0.15, -0.1) is 0 Å². The number of hydrogen-bond donors (Lipinski definition) is 1. The third kappa shape index (κ3) is 3.73. The lowest BCUT2D eigenvalue weighted by Crippen LogP contribution is -2.60. The first-order chi connectivity index (χ1) is 12.5. The second kappa shape index (κ2) is 7.71. The second-order valence-electron chi connectivity index (χ2n) is 7.17. The highest BCUT2D eigenvalue weighted by Gasteiger charge is 2.42. The highest BCUT2D eigenvalue weighted by Crippen LogP contribution is 2.32. The van der Waals surface area contributed by atoms with Crippen LogP contribution in [-0.2, 0) is 11.3 Å². The molecule has 2 aliphatic heterocycles. The summed E-state index contributed by atoms with van der Waals surface area (Å²) in [6.45, 7) is 6.79. The Hall–Kier alpha value is -2.00. The van der Waals surface area contributed by atoms with E-state index in [1.54, 1.807) is 0 Å². The monoisotopic (exact) mass is 364 g/mol. The third-order valence-electron chi connectivity index (χ3n) is 5.72. The summed E-state index contributed by atoms with van der Waals surface area (Å²) in [4.78, 5) is 34.7. The zero-order chi connectivity index (χ0) is 18.7. The first-order valence-electron chi connectivity index (χ1n) is 9.23. The molecule has 144 valence electrons. The van der Waals surface area contributed by atoms with Crippen LogP contribution in [0.5, 0.6) is 0 Å². The topological polar surface area (TPSA) is 94.8 Å². The molecule has 0 aliphatic carbocycles. The van der Waals surface area contributed by atoms with Gasteiger partial charge in [-0.3, -0.25) is 19.4 Å². The lowest BCUT2D eigenvalue weighted by molar-refractivity contribution is -0.130. The Labute approximate surface area is 153 Å². The Morgan fingerprint density at radius 2 is 2.12 bits per heavy atom. The largest absolute Gasteiger partial charge is 0.352 e. The molecule has 2 amide bonds. The zero-order valence-corrected chi connectivity index (χ0v) is 15.8. The van der Waals surface area contributed by atoms with Gasteiger partial charge in [-0.1, -0.05) is 5.16 Å². The number of rotatable bonds is 4. The molecule has 1 atom stereocenters. The number of nitrogens with zero attached hydrogens (tertiary/aromatic N) is 5. The highest BCUT2D eigenvalue weighted by atomic mass is 16.5. The minimum Gasteiger partial charge on any atom is -0.352 e. The quantitative estimate of drug-likeness (QED) is 0.800. The fourth-order valence-corrected chi connectivity index (χ4v) is 3.96. The molecular formula is C17H28N6O3. The Morgan fingerprint density at radius 3 is 2.85 bits per heavy atom. The number of carbonyl (C=O) groups excluding carboxylic acids is 2. The van der Waals surface area contributed by atoms with Gasteiger partial charge in [0.2, 0.25) is 11.8 Å². The fraction of sp³-hybridized carbons (Fsp3) is 0.765. The maximum Gasteiger partial charge on any atom is 0.292 e. The molecule has 0 radical (unpaired) electrons. The van der Waals surface area contributed by atoms with Crippen molar-refractivity contribution in [1.29, 1.82) is 0 Å². The van der Waals surface area contributed by atoms with E-state index >= 15 is 0 Å². The normalized spacial score (nSPS) is 25.5. The number of carbonyl (C=O) groups is 2. The predicted molar refractivity (Wildman–Crippen MR) is 94.4 cm³/mol. The summed E-state index contributed by atoms with van der Waals surface area (Å²) in [5.41, 5.74) is -0.0124. The molecule has 1 aromatic heterocycles. The molecule has 0 bridgehead atoms. The van der Waals surface area contributed by atoms with Crippen molar-refractivity contribution < 1.29 is 14.1 Å². The van der Waals surface area contributed by atoms with Crippen LogP contribution in [0.2, 0.25) is 0 Å². The molecule has 9 heteroatoms. The standard InChI is InChI=1S/C17H28N6O3/c1-4-23-8-7-17(6-5-14(23)24)12-22(10-9-21(17)3)11-13-19-15(20-26-13)16(25)18-2/h4-12H2,1-3H3,(H,18,25)/t17-/m1/s1. The van der Waals surface area contributed by atoms with Crippen LogP contribution < -0.4 is 5.32 Å². The molecule has 26 heavy (non-hydrogen) atoms. The average Bonchev–Trinajstić information content (AvgIpc) is 3.04. The molecule has 3 rings (SSSR count). The summed E-state index contributed by atoms with van der Waals surface area (Å²) < 4.78 is 5.23. The number of hydrogen-bond acceptors (Lipinski definition) is 7. The molecule has 0 saturated carbocycles. The van der Waals surface area contributed by atoms with Crippen molar-refractivity contribution in [2.24, 2.45) is 0 Å². The Kier molecular flexibility index (Phi) is 5.57. The van der Waals surface area contributed by atoms with Gasteiger partial charge in [-0.05, 0) is 26.8 Å². The minimum atomic E-state index is -0.350. The smallest absolute Gasteiger partial charge is 0.292 e. The Morgan fingerprint density at radius 1 is 1.31 bits per heavy atom. The number of likely N-dealkylation sites (N-methyl/N-ethyl adjacent to an activating group) is 1. The molecular weight excluding hydrogens is 336 g/mol. The van der Waals surface area contributed by atoms with Crippen molar-refractivity contribution >= 4 is 11.8 Å². The van der Waals surface area contributed by atoms with Gasteiger partial charge in [-0.2, -0.15) is 4.98 Å². The van der Waals surface area contributed by atoms with Crippen LogP contribution >= 0.6 is 0 Å². The molecule has 3 heterocycles. The summed E-state index contributed by atoms with van der Waals surface area (Å²) >= 11 is 0. The summed E-state index contributed by atoms with van der Waals surface area (Å²) in [7, 11) is 3.69. The van der Waals surface area contributed by atoms with Gasteiger partial charge in [0.05, 0.1) is 6.54 Å². The lowest BCUT2D eigenvalue weighted by atomic mass is 9.86. The van der Waals surface area contributed by atoms with Crippen LogP contribution in [0, 0.1) is 0 Å². The summed E-state index contributed by atoms with van der Waals surface area (Å²) in [6, 6.07) is 0. The molecule has 1 spiro atoms. The number of likely N-dealkylation sites (tertiary alicyclic amines) is 1. The van der Waals surface area contributed by atoms with Crippen LogP contribution in [0.1, 0.15) is 42.7 Å². The van der Waals surface area contributed by atoms with Crippen molar-refractivity contribution in [3.05, 3.63) is 11.7 Å². The highest BCUT2D eigenvalue weighted by molar-refractivity contribution is 5.89. The SMILES string of the molecule is CCN1CC[C@]2(CCC1=O)CN(Cc1nc(C(=O)NC)no1)CCN2C. The summed E-state index contributed by atoms with van der Waals surface area (Å²) in [5.74, 6) is 0.409. The molecule has 0 aromatic carbocycles. The van der Waals surface area contributed by atoms with E-state index in [1.165, 1.54) is 7.05 Å². The molecule has 2 aliphatic rings. The van der Waals surface area contributed by atoms with Crippen molar-refractivity contribution in [2.75, 3.05) is 46.8 Å². The van der Waals surface area contributed by atoms with Crippen LogP contribution in [0.15, 0.2) is 4.52 Å². The first-order valence-corrected chi connectivity index (χ1v) is 9.23. The minimum absolute atomic E-state index is 0.0124. The van der Waals surface area contributed by atoms with Crippen LogP contribution in [0.25, 0.3) is 0 Å². The van der Waals surface area contributed by atoms with Crippen LogP contribution in [0.4, 0.5) is 0 Å².